The molecule has 1 aromatic rings. The van der Waals surface area contributed by atoms with Crippen molar-refractivity contribution in [2.45, 2.75) is 45.2 Å². The lowest BCUT2D eigenvalue weighted by Crippen LogP contribution is -2.44. The standard InChI is InChI=1S/C13H22N4O.HI/c1-10-3-5-11(6-4-10)16-13(14-2)15-9-12-7-8-18-17-12;/h7-8,10-11H,3-6,9H2,1-2H3,(H2,14,15,16);1H. The van der Waals surface area contributed by atoms with Crippen molar-refractivity contribution in [1.82, 2.24) is 15.8 Å². The smallest absolute Gasteiger partial charge is 0.191 e. The predicted octanol–water partition coefficient (Wildman–Crippen LogP) is 2.54. The summed E-state index contributed by atoms with van der Waals surface area (Å²) in [4.78, 5) is 4.24. The van der Waals surface area contributed by atoms with Crippen LogP contribution in [-0.4, -0.2) is 24.2 Å². The van der Waals surface area contributed by atoms with Crippen LogP contribution in [0.2, 0.25) is 0 Å². The third kappa shape index (κ3) is 5.38. The Morgan fingerprint density at radius 3 is 2.74 bits per heavy atom. The molecule has 1 fully saturated rings. The Bertz CT molecular complexity index is 372. The van der Waals surface area contributed by atoms with E-state index < -0.39 is 0 Å². The highest BCUT2D eigenvalue weighted by molar-refractivity contribution is 14.0. The molecule has 0 atom stereocenters. The lowest BCUT2D eigenvalue weighted by Gasteiger charge is -2.28. The number of hydrogen-bond donors (Lipinski definition) is 2. The van der Waals surface area contributed by atoms with Gasteiger partial charge in [-0.1, -0.05) is 12.1 Å². The molecule has 0 aromatic carbocycles. The Labute approximate surface area is 131 Å². The average Bonchev–Trinajstić information content (AvgIpc) is 2.90. The number of hydrogen-bond acceptors (Lipinski definition) is 3. The molecule has 0 unspecified atom stereocenters. The first-order valence-corrected chi connectivity index (χ1v) is 6.64. The van der Waals surface area contributed by atoms with Gasteiger partial charge in [0.05, 0.1) is 6.54 Å². The second kappa shape index (κ2) is 8.39. The molecular weight excluding hydrogens is 355 g/mol. The lowest BCUT2D eigenvalue weighted by atomic mass is 9.87. The highest BCUT2D eigenvalue weighted by atomic mass is 127. The van der Waals surface area contributed by atoms with Crippen LogP contribution in [0.15, 0.2) is 21.8 Å². The number of nitrogens with zero attached hydrogens (tertiary/aromatic N) is 2. The zero-order valence-electron chi connectivity index (χ0n) is 11.6. The average molecular weight is 378 g/mol. The zero-order chi connectivity index (χ0) is 12.8. The number of aromatic nitrogens is 1. The quantitative estimate of drug-likeness (QED) is 0.482. The van der Waals surface area contributed by atoms with Crippen LogP contribution in [0.25, 0.3) is 0 Å². The van der Waals surface area contributed by atoms with Crippen molar-refractivity contribution in [1.29, 1.82) is 0 Å². The fourth-order valence-electron chi connectivity index (χ4n) is 2.30. The summed E-state index contributed by atoms with van der Waals surface area (Å²) in [7, 11) is 1.80. The van der Waals surface area contributed by atoms with Crippen LogP contribution in [0, 0.1) is 5.92 Å². The van der Waals surface area contributed by atoms with Crippen molar-refractivity contribution >= 4 is 29.9 Å². The van der Waals surface area contributed by atoms with Crippen LogP contribution >= 0.6 is 24.0 Å². The van der Waals surface area contributed by atoms with Crippen molar-refractivity contribution in [3.63, 3.8) is 0 Å². The van der Waals surface area contributed by atoms with Crippen molar-refractivity contribution in [2.24, 2.45) is 10.9 Å². The molecule has 0 spiro atoms. The third-order valence-corrected chi connectivity index (χ3v) is 3.51. The van der Waals surface area contributed by atoms with Crippen LogP contribution in [0.5, 0.6) is 0 Å². The minimum Gasteiger partial charge on any atom is -0.364 e. The first-order valence-electron chi connectivity index (χ1n) is 6.64. The minimum absolute atomic E-state index is 0. The Morgan fingerprint density at radius 2 is 2.16 bits per heavy atom. The van der Waals surface area contributed by atoms with E-state index in [2.05, 4.69) is 27.7 Å². The Hall–Kier alpha value is -0.790. The summed E-state index contributed by atoms with van der Waals surface area (Å²) >= 11 is 0. The molecule has 0 bridgehead atoms. The molecule has 0 aliphatic heterocycles. The van der Waals surface area contributed by atoms with E-state index in [1.165, 1.54) is 25.7 Å². The van der Waals surface area contributed by atoms with Crippen molar-refractivity contribution in [2.75, 3.05) is 7.05 Å². The van der Waals surface area contributed by atoms with Gasteiger partial charge in [-0.15, -0.1) is 24.0 Å². The number of guanidine groups is 1. The van der Waals surface area contributed by atoms with Crippen molar-refractivity contribution < 1.29 is 4.52 Å². The highest BCUT2D eigenvalue weighted by Crippen LogP contribution is 2.23. The molecule has 2 rings (SSSR count). The maximum absolute atomic E-state index is 4.79. The summed E-state index contributed by atoms with van der Waals surface area (Å²) < 4.78 is 4.79. The van der Waals surface area contributed by atoms with Crippen LogP contribution in [0.4, 0.5) is 0 Å². The molecule has 108 valence electrons. The van der Waals surface area contributed by atoms with E-state index in [4.69, 9.17) is 4.52 Å². The fourth-order valence-corrected chi connectivity index (χ4v) is 2.30. The molecule has 1 aliphatic carbocycles. The maximum atomic E-state index is 4.79. The topological polar surface area (TPSA) is 62.5 Å². The largest absolute Gasteiger partial charge is 0.364 e. The summed E-state index contributed by atoms with van der Waals surface area (Å²) in [6, 6.07) is 2.40. The first kappa shape index (κ1) is 16.3. The van der Waals surface area contributed by atoms with E-state index in [0.717, 1.165) is 17.6 Å². The van der Waals surface area contributed by atoms with E-state index in [0.29, 0.717) is 12.6 Å². The van der Waals surface area contributed by atoms with Gasteiger partial charge in [-0.25, -0.2) is 0 Å². The van der Waals surface area contributed by atoms with Crippen LogP contribution < -0.4 is 10.6 Å². The summed E-state index contributed by atoms with van der Waals surface area (Å²) in [6.07, 6.45) is 6.64. The Morgan fingerprint density at radius 1 is 1.42 bits per heavy atom. The number of halogens is 1. The number of nitrogens with one attached hydrogen (secondary N) is 2. The fraction of sp³-hybridized carbons (Fsp3) is 0.692. The van der Waals surface area contributed by atoms with Gasteiger partial charge in [0, 0.05) is 19.2 Å². The molecular formula is C13H23IN4O. The van der Waals surface area contributed by atoms with Gasteiger partial charge in [0.1, 0.15) is 12.0 Å². The van der Waals surface area contributed by atoms with Crippen molar-refractivity contribution in [3.8, 4) is 0 Å². The molecule has 5 nitrogen and oxygen atoms in total. The van der Waals surface area contributed by atoms with Gasteiger partial charge in [-0.05, 0) is 31.6 Å². The SMILES string of the molecule is CN=C(NCc1ccon1)NC1CCC(C)CC1.I. The van der Waals surface area contributed by atoms with Gasteiger partial charge < -0.3 is 15.2 Å². The van der Waals surface area contributed by atoms with Crippen LogP contribution in [0.1, 0.15) is 38.3 Å². The molecule has 19 heavy (non-hydrogen) atoms. The normalized spacial score (nSPS) is 23.6. The molecule has 0 radical (unpaired) electrons. The molecule has 1 aromatic heterocycles. The van der Waals surface area contributed by atoms with E-state index in [1.54, 1.807) is 13.3 Å². The van der Waals surface area contributed by atoms with E-state index in [1.807, 2.05) is 6.07 Å². The maximum Gasteiger partial charge on any atom is 0.191 e. The number of aliphatic imine (C=N–C) groups is 1. The Balaban J connectivity index is 0.00000180. The summed E-state index contributed by atoms with van der Waals surface area (Å²) in [5, 5.41) is 10.6. The molecule has 0 saturated heterocycles. The lowest BCUT2D eigenvalue weighted by molar-refractivity contribution is 0.329. The molecule has 6 heteroatoms. The summed E-state index contributed by atoms with van der Waals surface area (Å²) in [5.74, 6) is 1.71. The molecule has 1 aliphatic rings. The van der Waals surface area contributed by atoms with E-state index >= 15 is 0 Å². The van der Waals surface area contributed by atoms with Gasteiger partial charge in [0.25, 0.3) is 0 Å². The van der Waals surface area contributed by atoms with Crippen molar-refractivity contribution in [3.05, 3.63) is 18.0 Å². The van der Waals surface area contributed by atoms with Gasteiger partial charge in [-0.2, -0.15) is 0 Å². The molecule has 1 heterocycles. The first-order chi connectivity index (χ1) is 8.78. The highest BCUT2D eigenvalue weighted by Gasteiger charge is 2.18. The second-order valence-corrected chi connectivity index (χ2v) is 5.02. The van der Waals surface area contributed by atoms with Gasteiger partial charge in [0.2, 0.25) is 0 Å². The minimum atomic E-state index is 0. The van der Waals surface area contributed by atoms with Crippen LogP contribution in [-0.2, 0) is 6.54 Å². The molecule has 2 N–H and O–H groups in total. The monoisotopic (exact) mass is 378 g/mol. The van der Waals surface area contributed by atoms with Gasteiger partial charge >= 0.3 is 0 Å². The van der Waals surface area contributed by atoms with Crippen LogP contribution in [0.3, 0.4) is 0 Å². The second-order valence-electron chi connectivity index (χ2n) is 5.02. The zero-order valence-corrected chi connectivity index (χ0v) is 13.9. The molecule has 0 amide bonds. The summed E-state index contributed by atoms with van der Waals surface area (Å²) in [6.45, 7) is 2.97. The molecule has 1 saturated carbocycles. The summed E-state index contributed by atoms with van der Waals surface area (Å²) in [5.41, 5.74) is 0.884. The predicted molar refractivity (Wildman–Crippen MR) is 86.7 cm³/mol. The Kier molecular flexibility index (Phi) is 7.19. The van der Waals surface area contributed by atoms with Gasteiger partial charge in [0.15, 0.2) is 5.96 Å². The third-order valence-electron chi connectivity index (χ3n) is 3.51. The van der Waals surface area contributed by atoms with E-state index in [-0.39, 0.29) is 24.0 Å². The van der Waals surface area contributed by atoms with Gasteiger partial charge in [-0.3, -0.25) is 4.99 Å². The number of rotatable bonds is 3. The van der Waals surface area contributed by atoms with E-state index in [9.17, 15) is 0 Å².